The van der Waals surface area contributed by atoms with E-state index in [0.29, 0.717) is 12.0 Å². The lowest BCUT2D eigenvalue weighted by molar-refractivity contribution is -0.124. The highest BCUT2D eigenvalue weighted by atomic mass is 16.2. The van der Waals surface area contributed by atoms with Gasteiger partial charge in [0.05, 0.1) is 0 Å². The van der Waals surface area contributed by atoms with Crippen molar-refractivity contribution in [3.05, 3.63) is 65.5 Å². The lowest BCUT2D eigenvalue weighted by Gasteiger charge is -2.20. The lowest BCUT2D eigenvalue weighted by atomic mass is 10.0. The minimum atomic E-state index is -0.777. The van der Waals surface area contributed by atoms with Gasteiger partial charge < -0.3 is 5.32 Å². The SMILES string of the molecule is Cc1ccccc1C(=O)N[C@H](CC(C)C)C(=O)NNC(=O)c1ccccn1. The topological polar surface area (TPSA) is 100 Å². The van der Waals surface area contributed by atoms with E-state index in [9.17, 15) is 14.4 Å². The molecule has 0 spiro atoms. The number of amides is 3. The van der Waals surface area contributed by atoms with E-state index >= 15 is 0 Å². The van der Waals surface area contributed by atoms with Gasteiger partial charge in [0.25, 0.3) is 17.7 Å². The van der Waals surface area contributed by atoms with Crippen molar-refractivity contribution in [2.24, 2.45) is 5.92 Å². The average molecular weight is 368 g/mol. The van der Waals surface area contributed by atoms with Crippen LogP contribution in [0.25, 0.3) is 0 Å². The van der Waals surface area contributed by atoms with Crippen LogP contribution in [0.1, 0.15) is 46.7 Å². The standard InChI is InChI=1S/C20H24N4O3/c1-13(2)12-17(22-18(25)15-9-5-4-8-14(15)3)20(27)24-23-19(26)16-10-6-7-11-21-16/h4-11,13,17H,12H2,1-3H3,(H,22,25)(H,23,26)(H,24,27)/t17-/m1/s1. The third kappa shape index (κ3) is 5.91. The third-order valence-corrected chi connectivity index (χ3v) is 3.92. The monoisotopic (exact) mass is 368 g/mol. The first kappa shape index (κ1) is 20.1. The van der Waals surface area contributed by atoms with Gasteiger partial charge in [0.1, 0.15) is 11.7 Å². The summed E-state index contributed by atoms with van der Waals surface area (Å²) in [4.78, 5) is 41.0. The van der Waals surface area contributed by atoms with E-state index in [1.54, 1.807) is 24.3 Å². The average Bonchev–Trinajstić information content (AvgIpc) is 2.65. The predicted octanol–water partition coefficient (Wildman–Crippen LogP) is 2.00. The highest BCUT2D eigenvalue weighted by Crippen LogP contribution is 2.10. The fourth-order valence-electron chi connectivity index (χ4n) is 2.53. The van der Waals surface area contributed by atoms with Crippen LogP contribution in [0.3, 0.4) is 0 Å². The van der Waals surface area contributed by atoms with Crippen molar-refractivity contribution in [3.63, 3.8) is 0 Å². The highest BCUT2D eigenvalue weighted by Gasteiger charge is 2.23. The number of nitrogens with one attached hydrogen (secondary N) is 3. The van der Waals surface area contributed by atoms with Crippen molar-refractivity contribution in [2.45, 2.75) is 33.2 Å². The smallest absolute Gasteiger partial charge is 0.288 e. The van der Waals surface area contributed by atoms with Crippen molar-refractivity contribution in [1.82, 2.24) is 21.2 Å². The molecule has 1 aromatic carbocycles. The summed E-state index contributed by atoms with van der Waals surface area (Å²) in [6, 6.07) is 11.3. The summed E-state index contributed by atoms with van der Waals surface area (Å²) < 4.78 is 0. The molecule has 0 aliphatic rings. The quantitative estimate of drug-likeness (QED) is 0.679. The second-order valence-corrected chi connectivity index (χ2v) is 6.63. The number of hydrogen-bond acceptors (Lipinski definition) is 4. The summed E-state index contributed by atoms with van der Waals surface area (Å²) in [6.07, 6.45) is 1.92. The van der Waals surface area contributed by atoms with Crippen molar-refractivity contribution in [2.75, 3.05) is 0 Å². The molecular formula is C20H24N4O3. The van der Waals surface area contributed by atoms with Crippen molar-refractivity contribution in [1.29, 1.82) is 0 Å². The minimum Gasteiger partial charge on any atom is -0.340 e. The van der Waals surface area contributed by atoms with Crippen molar-refractivity contribution in [3.8, 4) is 0 Å². The number of benzene rings is 1. The molecule has 142 valence electrons. The number of aromatic nitrogens is 1. The molecule has 7 heteroatoms. The van der Waals surface area contributed by atoms with Gasteiger partial charge in [0.15, 0.2) is 0 Å². The fraction of sp³-hybridized carbons (Fsp3) is 0.300. The van der Waals surface area contributed by atoms with Gasteiger partial charge in [-0.2, -0.15) is 0 Å². The van der Waals surface area contributed by atoms with Crippen LogP contribution in [0, 0.1) is 12.8 Å². The maximum absolute atomic E-state index is 12.5. The van der Waals surface area contributed by atoms with Gasteiger partial charge in [-0.1, -0.05) is 38.1 Å². The molecule has 0 aliphatic carbocycles. The molecular weight excluding hydrogens is 344 g/mol. The summed E-state index contributed by atoms with van der Waals surface area (Å²) >= 11 is 0. The first-order chi connectivity index (χ1) is 12.9. The lowest BCUT2D eigenvalue weighted by Crippen LogP contribution is -2.52. The number of rotatable bonds is 6. The molecule has 3 N–H and O–H groups in total. The Kier molecular flexibility index (Phi) is 7.05. The second-order valence-electron chi connectivity index (χ2n) is 6.63. The molecule has 1 aromatic heterocycles. The third-order valence-electron chi connectivity index (χ3n) is 3.92. The van der Waals surface area contributed by atoms with E-state index in [4.69, 9.17) is 0 Å². The van der Waals surface area contributed by atoms with Crippen LogP contribution >= 0.6 is 0 Å². The van der Waals surface area contributed by atoms with Gasteiger partial charge in [0.2, 0.25) is 0 Å². The predicted molar refractivity (Wildman–Crippen MR) is 102 cm³/mol. The number of pyridine rings is 1. The minimum absolute atomic E-state index is 0.171. The molecule has 2 rings (SSSR count). The number of hydrogen-bond donors (Lipinski definition) is 3. The van der Waals surface area contributed by atoms with Gasteiger partial charge in [-0.3, -0.25) is 30.2 Å². The highest BCUT2D eigenvalue weighted by molar-refractivity contribution is 5.99. The maximum Gasteiger partial charge on any atom is 0.288 e. The van der Waals surface area contributed by atoms with Gasteiger partial charge >= 0.3 is 0 Å². The van der Waals surface area contributed by atoms with E-state index < -0.39 is 17.9 Å². The summed E-state index contributed by atoms with van der Waals surface area (Å²) in [5, 5.41) is 2.75. The largest absolute Gasteiger partial charge is 0.340 e. The summed E-state index contributed by atoms with van der Waals surface area (Å²) in [7, 11) is 0. The molecule has 0 unspecified atom stereocenters. The van der Waals surface area contributed by atoms with Crippen LogP contribution in [0.15, 0.2) is 48.7 Å². The molecule has 0 fully saturated rings. The normalized spacial score (nSPS) is 11.6. The van der Waals surface area contributed by atoms with Crippen molar-refractivity contribution < 1.29 is 14.4 Å². The molecule has 1 atom stereocenters. The molecule has 0 aliphatic heterocycles. The molecule has 0 bridgehead atoms. The zero-order valence-electron chi connectivity index (χ0n) is 15.7. The van der Waals surface area contributed by atoms with E-state index in [0.717, 1.165) is 5.56 Å². The van der Waals surface area contributed by atoms with E-state index in [1.165, 1.54) is 12.3 Å². The van der Waals surface area contributed by atoms with Gasteiger partial charge in [-0.15, -0.1) is 0 Å². The van der Waals surface area contributed by atoms with E-state index in [-0.39, 0.29) is 17.5 Å². The first-order valence-electron chi connectivity index (χ1n) is 8.76. The first-order valence-corrected chi connectivity index (χ1v) is 8.76. The summed E-state index contributed by atoms with van der Waals surface area (Å²) in [6.45, 7) is 5.73. The molecule has 27 heavy (non-hydrogen) atoms. The molecule has 7 nitrogen and oxygen atoms in total. The van der Waals surface area contributed by atoms with Crippen LogP contribution in [-0.2, 0) is 4.79 Å². The van der Waals surface area contributed by atoms with Crippen LogP contribution in [-0.4, -0.2) is 28.7 Å². The van der Waals surface area contributed by atoms with Crippen LogP contribution in [0.4, 0.5) is 0 Å². The van der Waals surface area contributed by atoms with Crippen LogP contribution in [0.5, 0.6) is 0 Å². The zero-order chi connectivity index (χ0) is 19.8. The Morgan fingerprint density at radius 1 is 0.963 bits per heavy atom. The van der Waals surface area contributed by atoms with E-state index in [1.807, 2.05) is 32.9 Å². The van der Waals surface area contributed by atoms with Gasteiger partial charge in [-0.05, 0) is 43.0 Å². The van der Waals surface area contributed by atoms with Gasteiger partial charge in [-0.25, -0.2) is 0 Å². The molecule has 0 saturated heterocycles. The second kappa shape index (κ2) is 9.47. The fourth-order valence-corrected chi connectivity index (χ4v) is 2.53. The molecule has 3 amide bonds. The number of aryl methyl sites for hydroxylation is 1. The van der Waals surface area contributed by atoms with Gasteiger partial charge in [0, 0.05) is 11.8 Å². The van der Waals surface area contributed by atoms with Crippen molar-refractivity contribution >= 4 is 17.7 Å². The number of carbonyl (C=O) groups is 3. The Bertz CT molecular complexity index is 806. The molecule has 2 aromatic rings. The molecule has 1 heterocycles. The zero-order valence-corrected chi connectivity index (χ0v) is 15.7. The number of nitrogens with zero attached hydrogens (tertiary/aromatic N) is 1. The van der Waals surface area contributed by atoms with Crippen LogP contribution in [0.2, 0.25) is 0 Å². The molecule has 0 saturated carbocycles. The van der Waals surface area contributed by atoms with E-state index in [2.05, 4.69) is 21.2 Å². The Morgan fingerprint density at radius 3 is 2.30 bits per heavy atom. The summed E-state index contributed by atoms with van der Waals surface area (Å²) in [5.74, 6) is -1.18. The number of carbonyl (C=O) groups excluding carboxylic acids is 3. The Morgan fingerprint density at radius 2 is 1.67 bits per heavy atom. The Balaban J connectivity index is 2.02. The Labute approximate surface area is 158 Å². The maximum atomic E-state index is 12.5. The Hall–Kier alpha value is -3.22. The summed E-state index contributed by atoms with van der Waals surface area (Å²) in [5.41, 5.74) is 6.20. The van der Waals surface area contributed by atoms with Crippen LogP contribution < -0.4 is 16.2 Å². The molecule has 0 radical (unpaired) electrons. The number of hydrazine groups is 1.